The van der Waals surface area contributed by atoms with Crippen LogP contribution < -0.4 is 26.2 Å². The van der Waals surface area contributed by atoms with Gasteiger partial charge >= 0.3 is 0 Å². The summed E-state index contributed by atoms with van der Waals surface area (Å²) < 4.78 is 42.0. The number of aromatic nitrogens is 7. The zero-order chi connectivity index (χ0) is 51.9. The first-order valence-corrected chi connectivity index (χ1v) is 24.9. The van der Waals surface area contributed by atoms with Gasteiger partial charge in [0.05, 0.1) is 53.5 Å². The second kappa shape index (κ2) is 22.4. The maximum Gasteiger partial charge on any atom is 0.295 e. The van der Waals surface area contributed by atoms with E-state index in [1.165, 1.54) is 24.3 Å². The highest BCUT2D eigenvalue weighted by Gasteiger charge is 2.32. The van der Waals surface area contributed by atoms with E-state index in [-0.39, 0.29) is 67.1 Å². The molecule has 6 heterocycles. The summed E-state index contributed by atoms with van der Waals surface area (Å²) >= 11 is 0. The van der Waals surface area contributed by atoms with Gasteiger partial charge in [0.1, 0.15) is 17.0 Å². The van der Waals surface area contributed by atoms with Crippen LogP contribution in [0.4, 0.5) is 11.9 Å². The summed E-state index contributed by atoms with van der Waals surface area (Å²) in [6.45, 7) is 9.51. The molecule has 0 unspecified atom stereocenters. The number of sulfonamides is 1. The average molecular weight is 1010 g/mol. The Morgan fingerprint density at radius 1 is 0.889 bits per heavy atom. The number of carbonyl (C=O) groups excluding carboxylic acids is 6. The minimum absolute atomic E-state index is 0.0233. The third-order valence-corrected chi connectivity index (χ3v) is 11.3. The summed E-state index contributed by atoms with van der Waals surface area (Å²) in [7, 11) is -3.17. The Hall–Kier alpha value is -8.03. The first kappa shape index (κ1) is 51.8. The number of fused-ring (bicyclic) bond motifs is 2. The molecule has 6 amide bonds. The number of oxazole rings is 1. The molecule has 2 aromatic carbocycles. The molecule has 4 aromatic heterocycles. The number of hydrogen-bond donors (Lipinski definition) is 4. The third-order valence-electron chi connectivity index (χ3n) is 11.3. The fourth-order valence-electron chi connectivity index (χ4n) is 7.91. The van der Waals surface area contributed by atoms with Crippen molar-refractivity contribution in [3.05, 3.63) is 101 Å². The maximum atomic E-state index is 13.7. The Bertz CT molecular complexity index is 3210. The van der Waals surface area contributed by atoms with Crippen molar-refractivity contribution < 1.29 is 51.1 Å². The van der Waals surface area contributed by atoms with E-state index in [4.69, 9.17) is 29.6 Å². The molecule has 0 atom stereocenters. The lowest BCUT2D eigenvalue weighted by Crippen LogP contribution is -2.55. The predicted molar refractivity (Wildman–Crippen MR) is 262 cm³/mol. The largest absolute Gasteiger partial charge is 0.491 e. The number of carbonyl (C=O) groups is 6. The molecule has 6 N–H and O–H groups in total. The first-order chi connectivity index (χ1) is 34.3. The lowest BCUT2D eigenvalue weighted by atomic mass is 10.1. The van der Waals surface area contributed by atoms with Crippen molar-refractivity contribution >= 4 is 79.4 Å². The molecule has 25 heteroatoms. The number of imidazole rings is 2. The normalized spacial score (nSPS) is 13.8. The Labute approximate surface area is 413 Å². The number of ether oxygens (including phenoxy) is 2. The third kappa shape index (κ3) is 12.5. The summed E-state index contributed by atoms with van der Waals surface area (Å²) in [5, 5.41) is 14.6. The molecule has 6 aromatic rings. The van der Waals surface area contributed by atoms with Gasteiger partial charge in [-0.15, -0.1) is 0 Å². The van der Waals surface area contributed by atoms with Crippen LogP contribution in [0.25, 0.3) is 22.1 Å². The quantitative estimate of drug-likeness (QED) is 0.0486. The Balaban J connectivity index is 0.00000145. The smallest absolute Gasteiger partial charge is 0.295 e. The number of nitrogens with zero attached hydrogens (tertiary/aromatic N) is 9. The molecule has 380 valence electrons. The highest BCUT2D eigenvalue weighted by Crippen LogP contribution is 2.32. The molecule has 24 nitrogen and oxygen atoms in total. The number of amides is 6. The van der Waals surface area contributed by atoms with Gasteiger partial charge in [-0.2, -0.15) is 5.10 Å². The van der Waals surface area contributed by atoms with Crippen LogP contribution in [0.1, 0.15) is 75.4 Å². The molecule has 0 spiro atoms. The topological polar surface area (TPSA) is 317 Å². The van der Waals surface area contributed by atoms with E-state index in [1.807, 2.05) is 61.8 Å². The van der Waals surface area contributed by atoms with Gasteiger partial charge < -0.3 is 33.7 Å². The van der Waals surface area contributed by atoms with Gasteiger partial charge in [0, 0.05) is 76.7 Å². The van der Waals surface area contributed by atoms with Crippen molar-refractivity contribution in [2.24, 2.45) is 10.9 Å². The number of primary amides is 1. The number of rotatable bonds is 20. The number of hydrogen-bond acceptors (Lipinski definition) is 15. The second-order valence-corrected chi connectivity index (χ2v) is 18.4. The number of likely N-dealkylation sites (tertiary alicyclic amines) is 1. The van der Waals surface area contributed by atoms with E-state index in [1.54, 1.807) is 27.1 Å². The van der Waals surface area contributed by atoms with Gasteiger partial charge in [-0.25, -0.2) is 28.5 Å². The molecule has 0 saturated carbocycles. The molecule has 2 aliphatic heterocycles. The Kier molecular flexibility index (Phi) is 16.1. The highest BCUT2D eigenvalue weighted by atomic mass is 32.2. The Morgan fingerprint density at radius 3 is 2.22 bits per heavy atom. The summed E-state index contributed by atoms with van der Waals surface area (Å²) in [5.41, 5.74) is 9.80. The van der Waals surface area contributed by atoms with Crippen LogP contribution in [0.2, 0.25) is 0 Å². The molecule has 2 aliphatic rings. The number of nitrogens with two attached hydrogens (primary N) is 2. The van der Waals surface area contributed by atoms with Gasteiger partial charge in [-0.05, 0) is 50.6 Å². The van der Waals surface area contributed by atoms with Crippen LogP contribution in [0.5, 0.6) is 5.75 Å². The van der Waals surface area contributed by atoms with Crippen molar-refractivity contribution in [3.63, 3.8) is 0 Å². The number of benzene rings is 2. The van der Waals surface area contributed by atoms with Crippen molar-refractivity contribution in [1.82, 2.24) is 43.7 Å². The molecule has 8 rings (SSSR count). The SMILES string of the molecule is CCc1nc(C)oc1C(=O)Nc1nc2cc(C(N)=O)cc(OCCCOC3CN(C(=O)CCN4C(=O)C=CC4=O)C3)c2n1C/C=C/Cn1c(NC(=O)c2cc(C)nn2CC)nc2ccccc21.CS(N)(=O)=O. The van der Waals surface area contributed by atoms with Gasteiger partial charge in [-0.1, -0.05) is 31.2 Å². The zero-order valence-corrected chi connectivity index (χ0v) is 41.1. The van der Waals surface area contributed by atoms with E-state index >= 15 is 0 Å². The second-order valence-electron chi connectivity index (χ2n) is 16.8. The summed E-state index contributed by atoms with van der Waals surface area (Å²) in [4.78, 5) is 92.5. The van der Waals surface area contributed by atoms with Gasteiger partial charge in [0.25, 0.3) is 23.6 Å². The fraction of sp³-hybridized carbons (Fsp3) is 0.362. The lowest BCUT2D eigenvalue weighted by molar-refractivity contribution is -0.146. The molecule has 1 fully saturated rings. The summed E-state index contributed by atoms with van der Waals surface area (Å²) in [5.74, 6) is -1.49. The van der Waals surface area contributed by atoms with E-state index in [0.29, 0.717) is 85.4 Å². The summed E-state index contributed by atoms with van der Waals surface area (Å²) in [6.07, 6.45) is 7.83. The van der Waals surface area contributed by atoms with E-state index in [2.05, 4.69) is 25.9 Å². The average Bonchev–Trinajstić information content (AvgIpc) is 4.13. The number of primary sulfonamides is 1. The van der Waals surface area contributed by atoms with E-state index in [0.717, 1.165) is 22.4 Å². The standard InChI is InChI=1S/C46H50N12O9.CH5NO2S/c1-5-31-41(67-28(4)48-31)44(64)52-46-50-33-23-29(42(47)62)24-36(66-21-11-20-65-30-25-54(26-30)37(59)16-19-56-38(60)14-15-39(56)61)40(33)57(46)18-10-9-17-55-34-13-8-7-12-32(34)49-45(55)51-43(63)35-22-27(3)53-58(35)6-2;1-5(2,3)4/h7-10,12-15,22-24,30H,5-6,11,16-21,25-26H2,1-4H3,(H2,47,62)(H,49,51,63)(H,50,52,64);1H3,(H2,2,3,4)/b10-9+;. The molecule has 72 heavy (non-hydrogen) atoms. The number of anilines is 2. The van der Waals surface area contributed by atoms with Crippen LogP contribution in [0.15, 0.2) is 71.2 Å². The monoisotopic (exact) mass is 1010 g/mol. The fourth-order valence-corrected chi connectivity index (χ4v) is 7.91. The number of aryl methyl sites for hydroxylation is 4. The van der Waals surface area contributed by atoms with Crippen molar-refractivity contribution in [2.45, 2.75) is 72.7 Å². The molecule has 1 saturated heterocycles. The van der Waals surface area contributed by atoms with Crippen molar-refractivity contribution in [3.8, 4) is 5.75 Å². The van der Waals surface area contributed by atoms with Gasteiger partial charge in [0.2, 0.25) is 39.5 Å². The zero-order valence-electron chi connectivity index (χ0n) is 40.3. The van der Waals surface area contributed by atoms with Crippen LogP contribution in [-0.4, -0.2) is 133 Å². The minimum Gasteiger partial charge on any atom is -0.491 e. The molecule has 0 radical (unpaired) electrons. The van der Waals surface area contributed by atoms with Crippen molar-refractivity contribution in [1.29, 1.82) is 0 Å². The van der Waals surface area contributed by atoms with E-state index < -0.39 is 33.7 Å². The highest BCUT2D eigenvalue weighted by molar-refractivity contribution is 7.88. The first-order valence-electron chi connectivity index (χ1n) is 22.9. The number of nitrogens with one attached hydrogen (secondary N) is 2. The van der Waals surface area contributed by atoms with Crippen LogP contribution in [-0.2, 0) is 55.2 Å². The molecule has 0 aliphatic carbocycles. The van der Waals surface area contributed by atoms with Crippen LogP contribution in [0, 0.1) is 13.8 Å². The van der Waals surface area contributed by atoms with E-state index in [9.17, 15) is 37.2 Å². The predicted octanol–water partition coefficient (Wildman–Crippen LogP) is 2.85. The molecular weight excluding hydrogens is 955 g/mol. The number of para-hydroxylation sites is 2. The number of allylic oxidation sites excluding steroid dienone is 2. The molecular formula is C47H55N13O11S. The Morgan fingerprint density at radius 2 is 1.54 bits per heavy atom. The number of imide groups is 1. The molecule has 0 bridgehead atoms. The minimum atomic E-state index is -3.17. The van der Waals surface area contributed by atoms with Crippen LogP contribution in [0.3, 0.4) is 0 Å². The van der Waals surface area contributed by atoms with Gasteiger partial charge in [-0.3, -0.25) is 49.0 Å². The van der Waals surface area contributed by atoms with Gasteiger partial charge in [0.15, 0.2) is 5.89 Å². The lowest BCUT2D eigenvalue weighted by Gasteiger charge is -2.39. The van der Waals surface area contributed by atoms with Crippen LogP contribution >= 0.6 is 0 Å². The van der Waals surface area contributed by atoms with Crippen molar-refractivity contribution in [2.75, 3.05) is 49.7 Å². The maximum absolute atomic E-state index is 13.7. The summed E-state index contributed by atoms with van der Waals surface area (Å²) in [6, 6.07) is 12.3.